The predicted molar refractivity (Wildman–Crippen MR) is 66.9 cm³/mol. The van der Waals surface area contributed by atoms with Crippen LogP contribution in [0.15, 0.2) is 24.3 Å². The highest BCUT2D eigenvalue weighted by Gasteiger charge is 2.44. The van der Waals surface area contributed by atoms with Gasteiger partial charge in [-0.1, -0.05) is 24.3 Å². The van der Waals surface area contributed by atoms with Crippen LogP contribution in [0, 0.1) is 0 Å². The van der Waals surface area contributed by atoms with Crippen LogP contribution in [-0.2, 0) is 17.2 Å². The molecule has 1 heterocycles. The molecule has 0 saturated carbocycles. The van der Waals surface area contributed by atoms with E-state index >= 15 is 0 Å². The van der Waals surface area contributed by atoms with Crippen molar-refractivity contribution >= 4 is 10.8 Å². The Morgan fingerprint density at radius 1 is 1.38 bits per heavy atom. The summed E-state index contributed by atoms with van der Waals surface area (Å²) in [5.41, 5.74) is 2.72. The second-order valence-electron chi connectivity index (χ2n) is 5.47. The van der Waals surface area contributed by atoms with Crippen LogP contribution in [0.2, 0.25) is 0 Å². The van der Waals surface area contributed by atoms with Gasteiger partial charge in [0.05, 0.1) is 5.25 Å². The third-order valence-corrected chi connectivity index (χ3v) is 5.69. The average Bonchev–Trinajstić information content (AvgIpc) is 2.56. The average molecular weight is 235 g/mol. The molecule has 1 N–H and O–H groups in total. The lowest BCUT2D eigenvalue weighted by atomic mass is 10.0. The molecule has 0 radical (unpaired) electrons. The first-order chi connectivity index (χ1) is 7.57. The zero-order valence-corrected chi connectivity index (χ0v) is 10.5. The molecule has 1 aromatic carbocycles. The van der Waals surface area contributed by atoms with Crippen molar-refractivity contribution in [2.45, 2.75) is 37.1 Å². The number of nitrogens with one attached hydrogen (secondary N) is 1. The maximum Gasteiger partial charge on any atom is 0.0584 e. The Hall–Kier alpha value is -0.670. The number of hydrogen-bond donors (Lipinski definition) is 1. The molecule has 3 heteroatoms. The summed E-state index contributed by atoms with van der Waals surface area (Å²) in [6.45, 7) is 4.28. The molecule has 1 aliphatic carbocycles. The van der Waals surface area contributed by atoms with Crippen LogP contribution in [0.4, 0.5) is 0 Å². The molecule has 3 atom stereocenters. The van der Waals surface area contributed by atoms with Gasteiger partial charge in [-0.25, -0.2) is 0 Å². The van der Waals surface area contributed by atoms with Crippen LogP contribution in [0.5, 0.6) is 0 Å². The molecule has 2 aliphatic rings. The maximum atomic E-state index is 12.2. The highest BCUT2D eigenvalue weighted by molar-refractivity contribution is 7.85. The van der Waals surface area contributed by atoms with Crippen molar-refractivity contribution in [3.63, 3.8) is 0 Å². The van der Waals surface area contributed by atoms with Gasteiger partial charge in [0.1, 0.15) is 0 Å². The minimum Gasteiger partial charge on any atom is -0.303 e. The van der Waals surface area contributed by atoms with E-state index in [0.717, 1.165) is 12.2 Å². The van der Waals surface area contributed by atoms with Crippen molar-refractivity contribution in [1.82, 2.24) is 5.32 Å². The van der Waals surface area contributed by atoms with E-state index in [4.69, 9.17) is 0 Å². The minimum absolute atomic E-state index is 0.0104. The SMILES string of the molecule is CC1(C)CS(=O)C2Cc3ccccc3C2N1. The topological polar surface area (TPSA) is 29.1 Å². The lowest BCUT2D eigenvalue weighted by Crippen LogP contribution is -2.55. The Morgan fingerprint density at radius 3 is 2.94 bits per heavy atom. The first-order valence-corrected chi connectivity index (χ1v) is 7.18. The summed E-state index contributed by atoms with van der Waals surface area (Å²) in [6, 6.07) is 8.78. The molecule has 3 unspecified atom stereocenters. The lowest BCUT2D eigenvalue weighted by Gasteiger charge is -2.38. The fourth-order valence-corrected chi connectivity index (χ4v) is 4.79. The van der Waals surface area contributed by atoms with E-state index in [9.17, 15) is 4.21 Å². The number of hydrogen-bond acceptors (Lipinski definition) is 2. The van der Waals surface area contributed by atoms with Gasteiger partial charge in [0.2, 0.25) is 0 Å². The summed E-state index contributed by atoms with van der Waals surface area (Å²) >= 11 is 0. The summed E-state index contributed by atoms with van der Waals surface area (Å²) in [7, 11) is -0.704. The number of benzene rings is 1. The fourth-order valence-electron chi connectivity index (χ4n) is 2.90. The summed E-state index contributed by atoms with van der Waals surface area (Å²) in [5, 5.41) is 3.93. The van der Waals surface area contributed by atoms with Crippen molar-refractivity contribution in [1.29, 1.82) is 0 Å². The molecule has 86 valence electrons. The minimum atomic E-state index is -0.704. The summed E-state index contributed by atoms with van der Waals surface area (Å²) < 4.78 is 12.2. The molecule has 3 rings (SSSR count). The molecular formula is C13H17NOS. The molecule has 1 saturated heterocycles. The number of fused-ring (bicyclic) bond motifs is 3. The van der Waals surface area contributed by atoms with E-state index < -0.39 is 10.8 Å². The lowest BCUT2D eigenvalue weighted by molar-refractivity contribution is 0.349. The van der Waals surface area contributed by atoms with Gasteiger partial charge in [-0.15, -0.1) is 0 Å². The van der Waals surface area contributed by atoms with E-state index in [1.54, 1.807) is 0 Å². The van der Waals surface area contributed by atoms with Gasteiger partial charge in [-0.3, -0.25) is 4.21 Å². The van der Waals surface area contributed by atoms with Crippen molar-refractivity contribution in [3.05, 3.63) is 35.4 Å². The van der Waals surface area contributed by atoms with Crippen LogP contribution in [0.1, 0.15) is 31.0 Å². The second kappa shape index (κ2) is 3.41. The van der Waals surface area contributed by atoms with Gasteiger partial charge in [0.25, 0.3) is 0 Å². The van der Waals surface area contributed by atoms with Gasteiger partial charge in [-0.05, 0) is 31.4 Å². The van der Waals surface area contributed by atoms with E-state index in [2.05, 4.69) is 43.4 Å². The highest BCUT2D eigenvalue weighted by atomic mass is 32.2. The number of rotatable bonds is 0. The first-order valence-electron chi connectivity index (χ1n) is 5.79. The largest absolute Gasteiger partial charge is 0.303 e. The predicted octanol–water partition coefficient (Wildman–Crippen LogP) is 1.78. The third kappa shape index (κ3) is 1.54. The molecule has 0 amide bonds. The van der Waals surface area contributed by atoms with Crippen molar-refractivity contribution < 1.29 is 4.21 Å². The van der Waals surface area contributed by atoms with Crippen LogP contribution in [0.3, 0.4) is 0 Å². The fraction of sp³-hybridized carbons (Fsp3) is 0.538. The van der Waals surface area contributed by atoms with Gasteiger partial charge >= 0.3 is 0 Å². The van der Waals surface area contributed by atoms with Crippen LogP contribution in [0.25, 0.3) is 0 Å². The summed E-state index contributed by atoms with van der Waals surface area (Å²) in [6.07, 6.45) is 0.969. The van der Waals surface area contributed by atoms with Crippen LogP contribution >= 0.6 is 0 Å². The van der Waals surface area contributed by atoms with Crippen LogP contribution < -0.4 is 5.32 Å². The van der Waals surface area contributed by atoms with Crippen molar-refractivity contribution in [3.8, 4) is 0 Å². The molecule has 1 aliphatic heterocycles. The molecule has 1 aromatic rings. The van der Waals surface area contributed by atoms with Gasteiger partial charge in [0.15, 0.2) is 0 Å². The highest BCUT2D eigenvalue weighted by Crippen LogP contribution is 2.39. The van der Waals surface area contributed by atoms with E-state index in [-0.39, 0.29) is 10.8 Å². The smallest absolute Gasteiger partial charge is 0.0584 e. The van der Waals surface area contributed by atoms with Crippen molar-refractivity contribution in [2.75, 3.05) is 5.75 Å². The first kappa shape index (κ1) is 10.5. The van der Waals surface area contributed by atoms with Crippen LogP contribution in [-0.4, -0.2) is 20.8 Å². The Kier molecular flexibility index (Phi) is 2.23. The standard InChI is InChI=1S/C13H17NOS/c1-13(2)8-16(15)11-7-9-5-3-4-6-10(9)12(11)14-13/h3-6,11-12,14H,7-8H2,1-2H3. The Morgan fingerprint density at radius 2 is 2.12 bits per heavy atom. The Balaban J connectivity index is 2.03. The Labute approximate surface area is 98.9 Å². The zero-order chi connectivity index (χ0) is 11.3. The second-order valence-corrected chi connectivity index (χ2v) is 7.13. The molecule has 16 heavy (non-hydrogen) atoms. The summed E-state index contributed by atoms with van der Waals surface area (Å²) in [5.74, 6) is 0.766. The van der Waals surface area contributed by atoms with Gasteiger partial charge < -0.3 is 5.32 Å². The van der Waals surface area contributed by atoms with Gasteiger partial charge in [-0.2, -0.15) is 0 Å². The quantitative estimate of drug-likeness (QED) is 0.742. The third-order valence-electron chi connectivity index (χ3n) is 3.57. The van der Waals surface area contributed by atoms with E-state index in [1.807, 2.05) is 0 Å². The van der Waals surface area contributed by atoms with E-state index in [1.165, 1.54) is 11.1 Å². The molecular weight excluding hydrogens is 218 g/mol. The molecule has 0 bridgehead atoms. The van der Waals surface area contributed by atoms with Crippen molar-refractivity contribution in [2.24, 2.45) is 0 Å². The summed E-state index contributed by atoms with van der Waals surface area (Å²) in [4.78, 5) is 0. The maximum absolute atomic E-state index is 12.2. The normalized spacial score (nSPS) is 35.5. The molecule has 0 aromatic heterocycles. The Bertz CT molecular complexity index is 455. The molecule has 1 fully saturated rings. The van der Waals surface area contributed by atoms with E-state index in [0.29, 0.717) is 6.04 Å². The molecule has 2 nitrogen and oxygen atoms in total. The van der Waals surface area contributed by atoms with Gasteiger partial charge in [0, 0.05) is 28.1 Å². The monoisotopic (exact) mass is 235 g/mol. The zero-order valence-electron chi connectivity index (χ0n) is 9.69. The molecule has 0 spiro atoms.